The third-order valence-corrected chi connectivity index (χ3v) is 3.97. The smallest absolute Gasteiger partial charge is 0.338 e. The van der Waals surface area contributed by atoms with Gasteiger partial charge in [0.2, 0.25) is 5.91 Å². The van der Waals surface area contributed by atoms with Crippen molar-refractivity contribution in [1.29, 1.82) is 0 Å². The Bertz CT molecular complexity index is 882. The van der Waals surface area contributed by atoms with E-state index < -0.39 is 23.9 Å². The van der Waals surface area contributed by atoms with E-state index in [1.54, 1.807) is 0 Å². The molecule has 0 spiro atoms. The van der Waals surface area contributed by atoms with Crippen molar-refractivity contribution in [2.45, 2.75) is 12.5 Å². The molecule has 0 aliphatic rings. The summed E-state index contributed by atoms with van der Waals surface area (Å²) in [6.07, 6.45) is 3.18. The highest BCUT2D eigenvalue weighted by atomic mass is 16.5. The second-order valence-electron chi connectivity index (χ2n) is 6.36. The highest BCUT2D eigenvalue weighted by molar-refractivity contribution is 6.00. The van der Waals surface area contributed by atoms with Crippen LogP contribution in [0, 0.1) is 0 Å². The average molecular weight is 408 g/mol. The Labute approximate surface area is 175 Å². The van der Waals surface area contributed by atoms with Crippen LogP contribution in [0.5, 0.6) is 0 Å². The van der Waals surface area contributed by atoms with E-state index in [0.717, 1.165) is 5.56 Å². The molecule has 0 saturated carbocycles. The van der Waals surface area contributed by atoms with Crippen molar-refractivity contribution in [3.63, 3.8) is 0 Å². The van der Waals surface area contributed by atoms with Gasteiger partial charge < -0.3 is 20.5 Å². The molecule has 0 saturated heterocycles. The molecular weight excluding hydrogens is 384 g/mol. The van der Waals surface area contributed by atoms with Gasteiger partial charge in [-0.05, 0) is 30.2 Å². The molecule has 1 atom stereocenters. The van der Waals surface area contributed by atoms with Crippen LogP contribution < -0.4 is 11.1 Å². The van der Waals surface area contributed by atoms with Crippen LogP contribution in [0.25, 0.3) is 0 Å². The maximum atomic E-state index is 12.5. The van der Waals surface area contributed by atoms with Gasteiger partial charge >= 0.3 is 11.9 Å². The Morgan fingerprint density at radius 3 is 1.97 bits per heavy atom. The molecule has 0 aromatic heterocycles. The summed E-state index contributed by atoms with van der Waals surface area (Å²) in [6, 6.07) is 12.7. The second kappa shape index (κ2) is 11.3. The Kier molecular flexibility index (Phi) is 8.53. The van der Waals surface area contributed by atoms with E-state index in [4.69, 9.17) is 15.2 Å². The molecule has 2 aromatic carbocycles. The van der Waals surface area contributed by atoms with E-state index in [2.05, 4.69) is 18.5 Å². The number of nitrogens with two attached hydrogens (primary N) is 1. The predicted octanol–water partition coefficient (Wildman–Crippen LogP) is 2.88. The topological polar surface area (TPSA) is 108 Å². The van der Waals surface area contributed by atoms with Crippen molar-refractivity contribution < 1.29 is 23.9 Å². The lowest BCUT2D eigenvalue weighted by atomic mass is 10.1. The summed E-state index contributed by atoms with van der Waals surface area (Å²) < 4.78 is 10.0. The van der Waals surface area contributed by atoms with Crippen LogP contribution in [-0.4, -0.2) is 37.1 Å². The zero-order chi connectivity index (χ0) is 21.9. The summed E-state index contributed by atoms with van der Waals surface area (Å²) in [7, 11) is 0. The van der Waals surface area contributed by atoms with E-state index in [1.807, 2.05) is 30.3 Å². The van der Waals surface area contributed by atoms with Gasteiger partial charge in [-0.3, -0.25) is 4.79 Å². The Morgan fingerprint density at radius 2 is 1.47 bits per heavy atom. The monoisotopic (exact) mass is 408 g/mol. The fourth-order valence-electron chi connectivity index (χ4n) is 2.57. The molecule has 0 fully saturated rings. The predicted molar refractivity (Wildman–Crippen MR) is 114 cm³/mol. The summed E-state index contributed by atoms with van der Waals surface area (Å²) in [5.74, 6) is -1.80. The third-order valence-electron chi connectivity index (χ3n) is 3.97. The third kappa shape index (κ3) is 6.72. The zero-order valence-corrected chi connectivity index (χ0v) is 16.5. The maximum Gasteiger partial charge on any atom is 0.338 e. The molecule has 2 rings (SSSR count). The number of amides is 1. The number of rotatable bonds is 10. The number of anilines is 1. The molecule has 3 N–H and O–H groups in total. The van der Waals surface area contributed by atoms with Crippen LogP contribution in [0.4, 0.5) is 5.69 Å². The van der Waals surface area contributed by atoms with E-state index in [1.165, 1.54) is 30.4 Å². The number of carbonyl (C=O) groups excluding carboxylic acids is 3. The highest BCUT2D eigenvalue weighted by Crippen LogP contribution is 2.18. The lowest BCUT2D eigenvalue weighted by molar-refractivity contribution is -0.117. The number of hydrogen-bond acceptors (Lipinski definition) is 6. The summed E-state index contributed by atoms with van der Waals surface area (Å²) in [4.78, 5) is 37.0. The molecule has 0 unspecified atom stereocenters. The van der Waals surface area contributed by atoms with Crippen LogP contribution >= 0.6 is 0 Å². The normalized spacial score (nSPS) is 11.1. The zero-order valence-electron chi connectivity index (χ0n) is 16.5. The SMILES string of the molecule is C=CCOC(=O)c1cc(NC(=O)[C@@H](N)Cc2ccccc2)cc(C(=O)OCC=C)c1. The minimum Gasteiger partial charge on any atom is -0.458 e. The summed E-state index contributed by atoms with van der Waals surface area (Å²) in [5.41, 5.74) is 7.30. The summed E-state index contributed by atoms with van der Waals surface area (Å²) in [6.45, 7) is 6.98. The van der Waals surface area contributed by atoms with Crippen LogP contribution in [0.15, 0.2) is 73.8 Å². The van der Waals surface area contributed by atoms with Gasteiger partial charge in [0.15, 0.2) is 0 Å². The molecule has 0 radical (unpaired) electrons. The van der Waals surface area contributed by atoms with Crippen molar-refractivity contribution in [3.8, 4) is 0 Å². The van der Waals surface area contributed by atoms with E-state index >= 15 is 0 Å². The first-order valence-electron chi connectivity index (χ1n) is 9.26. The Balaban J connectivity index is 2.22. The Morgan fingerprint density at radius 1 is 0.933 bits per heavy atom. The minimum absolute atomic E-state index is 0.00755. The van der Waals surface area contributed by atoms with Crippen molar-refractivity contribution in [2.75, 3.05) is 18.5 Å². The van der Waals surface area contributed by atoms with E-state index in [0.29, 0.717) is 6.42 Å². The highest BCUT2D eigenvalue weighted by Gasteiger charge is 2.18. The number of benzene rings is 2. The van der Waals surface area contributed by atoms with Crippen molar-refractivity contribution in [2.24, 2.45) is 5.73 Å². The van der Waals surface area contributed by atoms with E-state index in [-0.39, 0.29) is 30.0 Å². The molecule has 7 heteroatoms. The van der Waals surface area contributed by atoms with Crippen LogP contribution in [0.2, 0.25) is 0 Å². The first-order valence-corrected chi connectivity index (χ1v) is 9.26. The van der Waals surface area contributed by atoms with Gasteiger partial charge in [0.1, 0.15) is 13.2 Å². The Hall–Kier alpha value is -3.71. The largest absolute Gasteiger partial charge is 0.458 e. The maximum absolute atomic E-state index is 12.5. The van der Waals surface area contributed by atoms with Gasteiger partial charge in [-0.25, -0.2) is 9.59 Å². The molecule has 2 aromatic rings. The molecular formula is C23H24N2O5. The van der Waals surface area contributed by atoms with Gasteiger partial charge in [0.05, 0.1) is 17.2 Å². The molecule has 0 aliphatic carbocycles. The fourth-order valence-corrected chi connectivity index (χ4v) is 2.57. The molecule has 0 bridgehead atoms. The second-order valence-corrected chi connectivity index (χ2v) is 6.36. The van der Waals surface area contributed by atoms with Gasteiger partial charge in [-0.2, -0.15) is 0 Å². The van der Waals surface area contributed by atoms with Gasteiger partial charge in [-0.1, -0.05) is 55.6 Å². The number of esters is 2. The molecule has 0 heterocycles. The standard InChI is InChI=1S/C23H24N2O5/c1-3-10-29-22(27)17-13-18(23(28)30-11-4-2)15-19(14-17)25-21(26)20(24)12-16-8-6-5-7-9-16/h3-9,13-15,20H,1-2,10-12,24H2,(H,25,26)/t20-/m0/s1. The van der Waals surface area contributed by atoms with Crippen LogP contribution in [-0.2, 0) is 20.7 Å². The molecule has 0 aliphatic heterocycles. The van der Waals surface area contributed by atoms with Crippen LogP contribution in [0.3, 0.4) is 0 Å². The molecule has 156 valence electrons. The average Bonchev–Trinajstić information content (AvgIpc) is 2.76. The lowest BCUT2D eigenvalue weighted by Gasteiger charge is -2.14. The van der Waals surface area contributed by atoms with E-state index in [9.17, 15) is 14.4 Å². The number of nitrogens with one attached hydrogen (secondary N) is 1. The van der Waals surface area contributed by atoms with Gasteiger partial charge in [0.25, 0.3) is 0 Å². The van der Waals surface area contributed by atoms with Gasteiger partial charge in [-0.15, -0.1) is 0 Å². The quantitative estimate of drug-likeness (QED) is 0.462. The number of ether oxygens (including phenoxy) is 2. The fraction of sp³-hybridized carbons (Fsp3) is 0.174. The van der Waals surface area contributed by atoms with Crippen molar-refractivity contribution in [1.82, 2.24) is 0 Å². The number of carbonyl (C=O) groups is 3. The minimum atomic E-state index is -0.819. The molecule has 7 nitrogen and oxygen atoms in total. The first kappa shape index (κ1) is 22.6. The number of hydrogen-bond donors (Lipinski definition) is 2. The van der Waals surface area contributed by atoms with Crippen LogP contribution in [0.1, 0.15) is 26.3 Å². The summed E-state index contributed by atoms with van der Waals surface area (Å²) >= 11 is 0. The summed E-state index contributed by atoms with van der Waals surface area (Å²) in [5, 5.41) is 2.64. The van der Waals surface area contributed by atoms with Crippen molar-refractivity contribution in [3.05, 3.63) is 90.5 Å². The molecule has 1 amide bonds. The first-order chi connectivity index (χ1) is 14.4. The van der Waals surface area contributed by atoms with Gasteiger partial charge in [0, 0.05) is 5.69 Å². The molecule has 30 heavy (non-hydrogen) atoms. The van der Waals surface area contributed by atoms with Crippen molar-refractivity contribution >= 4 is 23.5 Å². The lowest BCUT2D eigenvalue weighted by Crippen LogP contribution is -2.37.